The molecule has 8 N–H and O–H groups in total. The van der Waals surface area contributed by atoms with E-state index in [0.717, 1.165) is 11.1 Å². The van der Waals surface area contributed by atoms with E-state index in [1.807, 2.05) is 79.7 Å². The molecule has 4 rings (SSSR count). The molecular formula is C35H45N10NaO7. The van der Waals surface area contributed by atoms with Crippen LogP contribution < -0.4 is 50.8 Å². The van der Waals surface area contributed by atoms with E-state index in [1.165, 1.54) is 19.2 Å². The Labute approximate surface area is 329 Å². The number of benzene rings is 2. The molecule has 0 aliphatic rings. The number of H-pyrrole nitrogens is 2. The Balaban J connectivity index is 0.000000511. The Hall–Kier alpha value is -5.36. The number of hydrogen-bond acceptors (Lipinski definition) is 10. The van der Waals surface area contributed by atoms with Gasteiger partial charge in [-0.2, -0.15) is 10.2 Å². The fraction of sp³-hybridized carbons (Fsp3) is 0.314. The Kier molecular flexibility index (Phi) is 17.3. The number of methoxy groups -OCH3 is 1. The fourth-order valence-electron chi connectivity index (χ4n) is 3.95. The van der Waals surface area contributed by atoms with E-state index in [1.54, 1.807) is 24.3 Å². The van der Waals surface area contributed by atoms with Gasteiger partial charge < -0.3 is 26.0 Å². The van der Waals surface area contributed by atoms with Gasteiger partial charge in [-0.1, -0.05) is 35.4 Å². The van der Waals surface area contributed by atoms with Gasteiger partial charge in [-0.05, 0) is 79.7 Å². The van der Waals surface area contributed by atoms with Crippen molar-refractivity contribution in [2.45, 2.75) is 66.5 Å². The van der Waals surface area contributed by atoms with Crippen molar-refractivity contribution in [3.05, 3.63) is 94.3 Å². The monoisotopic (exact) mass is 740 g/mol. The zero-order chi connectivity index (χ0) is 37.9. The minimum Gasteiger partial charge on any atom is -0.870 e. The summed E-state index contributed by atoms with van der Waals surface area (Å²) < 4.78 is 4.63. The molecule has 0 aliphatic carbocycles. The molecule has 2 amide bonds. The Bertz CT molecular complexity index is 1900. The summed E-state index contributed by atoms with van der Waals surface area (Å²) in [6, 6.07) is 17.1. The van der Waals surface area contributed by atoms with Crippen molar-refractivity contribution >= 4 is 47.3 Å². The van der Waals surface area contributed by atoms with Gasteiger partial charge in [0.25, 0.3) is 11.8 Å². The van der Waals surface area contributed by atoms with Crippen molar-refractivity contribution < 1.29 is 64.1 Å². The third-order valence-corrected chi connectivity index (χ3v) is 6.27. The van der Waals surface area contributed by atoms with Crippen molar-refractivity contribution in [2.24, 2.45) is 9.98 Å². The first kappa shape index (κ1) is 45.7. The molecule has 2 heterocycles. The first-order valence-electron chi connectivity index (χ1n) is 15.7. The molecule has 0 spiro atoms. The number of carbonyl (C=O) groups excluding carboxylic acids is 3. The molecule has 278 valence electrons. The Morgan fingerprint density at radius 2 is 1.04 bits per heavy atom. The summed E-state index contributed by atoms with van der Waals surface area (Å²) in [6.07, 6.45) is 0. The van der Waals surface area contributed by atoms with Crippen LogP contribution in [0.5, 0.6) is 0 Å². The van der Waals surface area contributed by atoms with Crippen molar-refractivity contribution in [1.29, 1.82) is 0 Å². The topological polar surface area (TPSA) is 258 Å². The van der Waals surface area contributed by atoms with Crippen LogP contribution in [0.1, 0.15) is 94.4 Å². The second-order valence-electron chi connectivity index (χ2n) is 13.3. The number of aromatic nitrogens is 4. The number of guanidine groups is 2. The minimum absolute atomic E-state index is 0. The summed E-state index contributed by atoms with van der Waals surface area (Å²) >= 11 is 0. The number of carbonyl (C=O) groups is 4. The Morgan fingerprint density at radius 1 is 0.679 bits per heavy atom. The Morgan fingerprint density at radius 3 is 1.36 bits per heavy atom. The zero-order valence-electron chi connectivity index (χ0n) is 31.5. The number of aromatic amines is 2. The number of nitrogens with one attached hydrogen (secondary N) is 6. The number of hydrogen-bond donors (Lipinski definition) is 7. The molecular weight excluding hydrogens is 695 g/mol. The molecule has 0 fully saturated rings. The maximum atomic E-state index is 12.5. The van der Waals surface area contributed by atoms with E-state index in [2.05, 4.69) is 56.4 Å². The molecule has 0 unspecified atom stereocenters. The number of nitrogens with zero attached hydrogens (tertiary/aromatic N) is 4. The quantitative estimate of drug-likeness (QED) is 0.0648. The maximum Gasteiger partial charge on any atom is 1.00 e. The number of aliphatic imine (C=N–C) groups is 2. The van der Waals surface area contributed by atoms with Gasteiger partial charge in [0, 0.05) is 23.3 Å². The summed E-state index contributed by atoms with van der Waals surface area (Å²) in [5, 5.41) is 32.9. The normalized spacial score (nSPS) is 11.4. The van der Waals surface area contributed by atoms with Gasteiger partial charge >= 0.3 is 41.5 Å². The van der Waals surface area contributed by atoms with E-state index in [4.69, 9.17) is 5.11 Å². The summed E-state index contributed by atoms with van der Waals surface area (Å²) in [7, 11) is 1.28. The molecule has 18 heteroatoms. The fourth-order valence-corrected chi connectivity index (χ4v) is 3.95. The van der Waals surface area contributed by atoms with Crippen LogP contribution in [-0.2, 0) is 4.74 Å². The maximum absolute atomic E-state index is 12.5. The minimum atomic E-state index is -1.13. The summed E-state index contributed by atoms with van der Waals surface area (Å²) in [5.74, 6) is -1.31. The van der Waals surface area contributed by atoms with Crippen LogP contribution in [-0.4, -0.2) is 84.8 Å². The number of rotatable bonds is 6. The van der Waals surface area contributed by atoms with Crippen LogP contribution >= 0.6 is 0 Å². The predicted molar refractivity (Wildman–Crippen MR) is 196 cm³/mol. The number of esters is 1. The van der Waals surface area contributed by atoms with Gasteiger partial charge in [0.1, 0.15) is 11.4 Å². The van der Waals surface area contributed by atoms with Crippen LogP contribution in [0.2, 0.25) is 0 Å². The van der Waals surface area contributed by atoms with E-state index < -0.39 is 23.0 Å². The molecule has 0 bridgehead atoms. The number of amides is 2. The van der Waals surface area contributed by atoms with Gasteiger partial charge in [0.2, 0.25) is 11.9 Å². The first-order valence-corrected chi connectivity index (χ1v) is 15.7. The molecule has 4 aromatic rings. The van der Waals surface area contributed by atoms with Gasteiger partial charge in [-0.3, -0.25) is 30.4 Å². The number of carboxylic acids is 1. The standard InChI is InChI=1S/C18H23N5O3.C17H21N5O3.Na.H2O/c1-11-6-8-12(9-7-11)15(24)20-17(21-18(2,3)4)19-14-10-13(22-23-14)16(25)26-5;1-10-5-7-11(8-6-10)14(23)19-16(20-17(2,3)4)18-13-9-12(15(24)25)21-22-13;;/h6-10H,1-5H3,(H3,19,20,21,22,23,24);5-9H,1-4H3,(H,24,25)(H3,18,19,20,21,22,23);;1H2/q;;+1;/p-1. The zero-order valence-corrected chi connectivity index (χ0v) is 33.5. The molecule has 2 aromatic carbocycles. The van der Waals surface area contributed by atoms with Crippen molar-refractivity contribution in [3.8, 4) is 0 Å². The van der Waals surface area contributed by atoms with E-state index in [-0.39, 0.29) is 76.0 Å². The molecule has 0 aliphatic heterocycles. The van der Waals surface area contributed by atoms with Crippen molar-refractivity contribution in [3.63, 3.8) is 0 Å². The molecule has 0 saturated heterocycles. The van der Waals surface area contributed by atoms with Crippen LogP contribution in [0.3, 0.4) is 0 Å². The molecule has 17 nitrogen and oxygen atoms in total. The van der Waals surface area contributed by atoms with Crippen molar-refractivity contribution in [2.75, 3.05) is 17.7 Å². The second kappa shape index (κ2) is 20.0. The third kappa shape index (κ3) is 15.8. The van der Waals surface area contributed by atoms with E-state index in [0.29, 0.717) is 16.9 Å². The van der Waals surface area contributed by atoms with Gasteiger partial charge in [-0.25, -0.2) is 19.6 Å². The average Bonchev–Trinajstić information content (AvgIpc) is 3.70. The van der Waals surface area contributed by atoms with E-state index >= 15 is 0 Å². The summed E-state index contributed by atoms with van der Waals surface area (Å²) in [4.78, 5) is 56.2. The molecule has 0 atom stereocenters. The number of anilines is 2. The number of carboxylic acid groups (broad SMARTS) is 1. The molecule has 0 radical (unpaired) electrons. The first-order chi connectivity index (χ1) is 23.8. The van der Waals surface area contributed by atoms with Gasteiger partial charge in [-0.15, -0.1) is 0 Å². The number of aromatic carboxylic acids is 1. The average molecular weight is 741 g/mol. The second-order valence-corrected chi connectivity index (χ2v) is 13.3. The number of ether oxygens (including phenoxy) is 1. The van der Waals surface area contributed by atoms with Crippen LogP contribution in [0.4, 0.5) is 11.6 Å². The predicted octanol–water partition coefficient (Wildman–Crippen LogP) is 1.74. The van der Waals surface area contributed by atoms with Gasteiger partial charge in [0.05, 0.1) is 18.2 Å². The van der Waals surface area contributed by atoms with E-state index in [9.17, 15) is 19.2 Å². The summed E-state index contributed by atoms with van der Waals surface area (Å²) in [5.41, 5.74) is 2.33. The van der Waals surface area contributed by atoms with Crippen LogP contribution in [0, 0.1) is 13.8 Å². The van der Waals surface area contributed by atoms with Crippen LogP contribution in [0.25, 0.3) is 0 Å². The van der Waals surface area contributed by atoms with Crippen LogP contribution in [0.15, 0.2) is 70.6 Å². The van der Waals surface area contributed by atoms with Crippen molar-refractivity contribution in [1.82, 2.24) is 31.0 Å². The largest absolute Gasteiger partial charge is 1.00 e. The molecule has 2 aromatic heterocycles. The SMILES string of the molecule is COC(=O)c1cc(NC(=NC(C)(C)C)NC(=O)c2ccc(C)cc2)n[nH]1.Cc1ccc(C(=O)NC(=NC(C)(C)C)Nc2cc(C(=O)O)[nH]n2)cc1.[Na+].[OH-]. The number of aryl methyl sites for hydroxylation is 2. The van der Waals surface area contributed by atoms with Gasteiger partial charge in [0.15, 0.2) is 11.6 Å². The molecule has 53 heavy (non-hydrogen) atoms. The molecule has 0 saturated carbocycles. The third-order valence-electron chi connectivity index (χ3n) is 6.27. The summed E-state index contributed by atoms with van der Waals surface area (Å²) in [6.45, 7) is 15.2. The smallest absolute Gasteiger partial charge is 0.870 e.